The molecule has 1 aliphatic carbocycles. The lowest BCUT2D eigenvalue weighted by Crippen LogP contribution is -2.38. The summed E-state index contributed by atoms with van der Waals surface area (Å²) >= 11 is 0. The van der Waals surface area contributed by atoms with Crippen LogP contribution in [0.1, 0.15) is 30.9 Å². The first-order chi connectivity index (χ1) is 12.2. The topological polar surface area (TPSA) is 58.4 Å². The summed E-state index contributed by atoms with van der Waals surface area (Å²) in [5, 5.41) is 6.69. The highest BCUT2D eigenvalue weighted by atomic mass is 127. The first-order valence-electron chi connectivity index (χ1n) is 9.00. The molecule has 0 unspecified atom stereocenters. The molecule has 1 fully saturated rings. The number of pyridine rings is 1. The lowest BCUT2D eigenvalue weighted by molar-refractivity contribution is 0.739. The summed E-state index contributed by atoms with van der Waals surface area (Å²) in [5.41, 5.74) is 2.29. The highest BCUT2D eigenvalue weighted by molar-refractivity contribution is 14.0. The molecule has 1 aromatic carbocycles. The van der Waals surface area contributed by atoms with Gasteiger partial charge in [-0.05, 0) is 42.9 Å². The smallest absolute Gasteiger partial charge is 0.250 e. The number of aromatic nitrogens is 1. The number of guanidine groups is 1. The van der Waals surface area contributed by atoms with Gasteiger partial charge in [-0.3, -0.25) is 4.79 Å². The van der Waals surface area contributed by atoms with E-state index in [1.807, 2.05) is 12.3 Å². The van der Waals surface area contributed by atoms with Crippen LogP contribution < -0.4 is 16.2 Å². The summed E-state index contributed by atoms with van der Waals surface area (Å²) in [7, 11) is 0. The van der Waals surface area contributed by atoms with Crippen molar-refractivity contribution >= 4 is 29.9 Å². The van der Waals surface area contributed by atoms with Crippen molar-refractivity contribution in [2.45, 2.75) is 32.9 Å². The van der Waals surface area contributed by atoms with Gasteiger partial charge >= 0.3 is 0 Å². The van der Waals surface area contributed by atoms with E-state index in [1.54, 1.807) is 16.7 Å². The highest BCUT2D eigenvalue weighted by Crippen LogP contribution is 2.27. The number of hydrogen-bond acceptors (Lipinski definition) is 2. The summed E-state index contributed by atoms with van der Waals surface area (Å²) in [6.07, 6.45) is 4.48. The number of nitrogens with zero attached hydrogens (tertiary/aromatic N) is 2. The van der Waals surface area contributed by atoms with Crippen LogP contribution in [0.2, 0.25) is 0 Å². The zero-order chi connectivity index (χ0) is 17.5. The third-order valence-electron chi connectivity index (χ3n) is 4.29. The lowest BCUT2D eigenvalue weighted by Gasteiger charge is -2.11. The fourth-order valence-electron chi connectivity index (χ4n) is 2.61. The number of hydrogen-bond donors (Lipinski definition) is 2. The Morgan fingerprint density at radius 2 is 1.85 bits per heavy atom. The fourth-order valence-corrected chi connectivity index (χ4v) is 2.61. The van der Waals surface area contributed by atoms with Gasteiger partial charge in [-0.25, -0.2) is 4.99 Å². The Kier molecular flexibility index (Phi) is 8.15. The van der Waals surface area contributed by atoms with Gasteiger partial charge in [-0.2, -0.15) is 0 Å². The van der Waals surface area contributed by atoms with Crippen LogP contribution in [0.25, 0.3) is 0 Å². The van der Waals surface area contributed by atoms with Crippen LogP contribution in [0.3, 0.4) is 0 Å². The normalized spacial score (nSPS) is 13.8. The fraction of sp³-hybridized carbons (Fsp3) is 0.400. The van der Waals surface area contributed by atoms with Crippen molar-refractivity contribution in [3.8, 4) is 0 Å². The van der Waals surface area contributed by atoms with Crippen molar-refractivity contribution in [3.05, 3.63) is 70.1 Å². The Labute approximate surface area is 171 Å². The van der Waals surface area contributed by atoms with Crippen molar-refractivity contribution in [1.29, 1.82) is 0 Å². The van der Waals surface area contributed by atoms with E-state index in [0.29, 0.717) is 13.1 Å². The van der Waals surface area contributed by atoms with Crippen LogP contribution >= 0.6 is 24.0 Å². The van der Waals surface area contributed by atoms with E-state index in [-0.39, 0.29) is 29.5 Å². The molecular formula is C20H27IN4O. The molecule has 26 heavy (non-hydrogen) atoms. The maximum Gasteiger partial charge on any atom is 0.250 e. The monoisotopic (exact) mass is 466 g/mol. The van der Waals surface area contributed by atoms with Gasteiger partial charge in [0, 0.05) is 25.4 Å². The number of halogens is 1. The third-order valence-corrected chi connectivity index (χ3v) is 4.29. The molecule has 0 amide bonds. The molecule has 0 radical (unpaired) electrons. The molecule has 0 aliphatic heterocycles. The van der Waals surface area contributed by atoms with Gasteiger partial charge in [-0.1, -0.05) is 30.3 Å². The summed E-state index contributed by atoms with van der Waals surface area (Å²) in [4.78, 5) is 16.4. The lowest BCUT2D eigenvalue weighted by atomic mass is 10.1. The van der Waals surface area contributed by atoms with Crippen molar-refractivity contribution < 1.29 is 0 Å². The van der Waals surface area contributed by atoms with E-state index >= 15 is 0 Å². The molecule has 5 nitrogen and oxygen atoms in total. The molecule has 140 valence electrons. The number of nitrogens with one attached hydrogen (secondary N) is 2. The average Bonchev–Trinajstić information content (AvgIpc) is 3.45. The average molecular weight is 466 g/mol. The van der Waals surface area contributed by atoms with Gasteiger partial charge in [0.25, 0.3) is 5.56 Å². The van der Waals surface area contributed by atoms with Gasteiger partial charge in [0.05, 0.1) is 13.1 Å². The highest BCUT2D eigenvalue weighted by Gasteiger charge is 2.20. The summed E-state index contributed by atoms with van der Waals surface area (Å²) in [5.74, 6) is 1.71. The van der Waals surface area contributed by atoms with E-state index in [1.165, 1.54) is 12.8 Å². The molecule has 0 saturated heterocycles. The van der Waals surface area contributed by atoms with Crippen LogP contribution in [0.15, 0.2) is 58.4 Å². The molecule has 1 heterocycles. The first-order valence-corrected chi connectivity index (χ1v) is 9.00. The van der Waals surface area contributed by atoms with Gasteiger partial charge in [0.1, 0.15) is 0 Å². The summed E-state index contributed by atoms with van der Waals surface area (Å²) in [6.45, 7) is 5.19. The van der Waals surface area contributed by atoms with Crippen LogP contribution in [-0.4, -0.2) is 23.6 Å². The van der Waals surface area contributed by atoms with Crippen LogP contribution in [-0.2, 0) is 13.1 Å². The minimum Gasteiger partial charge on any atom is -0.357 e. The van der Waals surface area contributed by atoms with E-state index < -0.39 is 0 Å². The molecule has 2 N–H and O–H groups in total. The minimum atomic E-state index is 0. The van der Waals surface area contributed by atoms with E-state index in [0.717, 1.165) is 36.1 Å². The van der Waals surface area contributed by atoms with Crippen molar-refractivity contribution in [1.82, 2.24) is 15.2 Å². The largest absolute Gasteiger partial charge is 0.357 e. The molecule has 0 atom stereocenters. The molecule has 2 aromatic rings. The molecule has 1 aliphatic rings. The van der Waals surface area contributed by atoms with E-state index in [2.05, 4.69) is 46.8 Å². The number of aliphatic imine (C=N–C) groups is 1. The molecule has 3 rings (SSSR count). The molecule has 0 bridgehead atoms. The Balaban J connectivity index is 0.00000243. The standard InChI is InChI=1S/C20H26N4O.HI/c1-2-21-20(22-13-16-6-7-16)23-14-17-8-10-18(11-9-17)15-24-12-4-3-5-19(24)25;/h3-5,8-12,16H,2,6-7,13-15H2,1H3,(H2,21,22,23);1H. The maximum absolute atomic E-state index is 11.8. The van der Waals surface area contributed by atoms with Crippen LogP contribution in [0.4, 0.5) is 0 Å². The van der Waals surface area contributed by atoms with Crippen molar-refractivity contribution in [2.75, 3.05) is 13.1 Å². The second-order valence-electron chi connectivity index (χ2n) is 6.50. The SMILES string of the molecule is CCNC(=NCc1ccc(Cn2ccccc2=O)cc1)NCC1CC1.I. The maximum atomic E-state index is 11.8. The van der Waals surface area contributed by atoms with E-state index in [9.17, 15) is 4.79 Å². The predicted molar refractivity (Wildman–Crippen MR) is 117 cm³/mol. The second kappa shape index (κ2) is 10.4. The number of benzene rings is 1. The molecule has 0 spiro atoms. The quantitative estimate of drug-likeness (QED) is 0.375. The van der Waals surface area contributed by atoms with Crippen molar-refractivity contribution in [2.24, 2.45) is 10.9 Å². The van der Waals surface area contributed by atoms with Gasteiger partial charge in [0.2, 0.25) is 0 Å². The van der Waals surface area contributed by atoms with Crippen LogP contribution in [0.5, 0.6) is 0 Å². The minimum absolute atomic E-state index is 0. The Hall–Kier alpha value is -1.83. The summed E-state index contributed by atoms with van der Waals surface area (Å²) in [6, 6.07) is 13.5. The zero-order valence-corrected chi connectivity index (χ0v) is 17.5. The van der Waals surface area contributed by atoms with E-state index in [4.69, 9.17) is 0 Å². The summed E-state index contributed by atoms with van der Waals surface area (Å²) < 4.78 is 1.71. The second-order valence-corrected chi connectivity index (χ2v) is 6.50. The van der Waals surface area contributed by atoms with Crippen LogP contribution in [0, 0.1) is 5.92 Å². The molecular weight excluding hydrogens is 439 g/mol. The third kappa shape index (κ3) is 6.48. The number of rotatable bonds is 7. The zero-order valence-electron chi connectivity index (χ0n) is 15.1. The van der Waals surface area contributed by atoms with Crippen molar-refractivity contribution in [3.63, 3.8) is 0 Å². The molecule has 6 heteroatoms. The van der Waals surface area contributed by atoms with Gasteiger partial charge in [-0.15, -0.1) is 24.0 Å². The van der Waals surface area contributed by atoms with Gasteiger partial charge in [0.15, 0.2) is 5.96 Å². The Bertz CT molecular complexity index is 766. The first kappa shape index (κ1) is 20.5. The predicted octanol–water partition coefficient (Wildman–Crippen LogP) is 2.98. The Morgan fingerprint density at radius 1 is 1.12 bits per heavy atom. The molecule has 1 saturated carbocycles. The molecule has 1 aromatic heterocycles. The Morgan fingerprint density at radius 3 is 2.50 bits per heavy atom. The van der Waals surface area contributed by atoms with Gasteiger partial charge < -0.3 is 15.2 Å².